The van der Waals surface area contributed by atoms with E-state index in [2.05, 4.69) is 49.4 Å². The minimum atomic E-state index is -1.17. The Balaban J connectivity index is 2.08. The summed E-state index contributed by atoms with van der Waals surface area (Å²) >= 11 is 3.66. The zero-order valence-electron chi connectivity index (χ0n) is 18.5. The van der Waals surface area contributed by atoms with Gasteiger partial charge in [0, 0.05) is 43.5 Å². The van der Waals surface area contributed by atoms with Crippen LogP contribution in [0, 0.1) is 12.8 Å². The second kappa shape index (κ2) is 8.39. The smallest absolute Gasteiger partial charge is 0.274 e. The molecule has 0 aromatic carbocycles. The van der Waals surface area contributed by atoms with Crippen LogP contribution in [0.25, 0.3) is 10.9 Å². The summed E-state index contributed by atoms with van der Waals surface area (Å²) in [5, 5.41) is 0.850. The van der Waals surface area contributed by atoms with Crippen molar-refractivity contribution in [3.05, 3.63) is 32.3 Å². The predicted molar refractivity (Wildman–Crippen MR) is 125 cm³/mol. The molecular weight excluding hydrogens is 450 g/mol. The van der Waals surface area contributed by atoms with Gasteiger partial charge in [0.1, 0.15) is 18.9 Å². The van der Waals surface area contributed by atoms with E-state index in [9.17, 15) is 4.79 Å². The van der Waals surface area contributed by atoms with Crippen LogP contribution in [-0.2, 0) is 23.3 Å². The average Bonchev–Trinajstić information content (AvgIpc) is 3.19. The van der Waals surface area contributed by atoms with Crippen molar-refractivity contribution in [2.24, 2.45) is 18.0 Å². The van der Waals surface area contributed by atoms with Crippen LogP contribution < -0.4 is 5.56 Å². The van der Waals surface area contributed by atoms with E-state index in [0.29, 0.717) is 37.3 Å². The van der Waals surface area contributed by atoms with Crippen molar-refractivity contribution in [3.63, 3.8) is 0 Å². The van der Waals surface area contributed by atoms with E-state index in [0.717, 1.165) is 27.2 Å². The van der Waals surface area contributed by atoms with E-state index < -0.39 is 8.07 Å². The molecule has 0 aliphatic carbocycles. The molecule has 0 fully saturated rings. The van der Waals surface area contributed by atoms with Crippen molar-refractivity contribution >= 4 is 40.8 Å². The van der Waals surface area contributed by atoms with Crippen LogP contribution in [0.15, 0.2) is 20.5 Å². The number of hydrogen-bond donors (Lipinski definition) is 0. The van der Waals surface area contributed by atoms with Gasteiger partial charge in [0.15, 0.2) is 0 Å². The lowest BCUT2D eigenvalue weighted by Crippen LogP contribution is -2.23. The number of pyridine rings is 1. The Morgan fingerprint density at radius 2 is 2.07 bits per heavy atom. The monoisotopic (exact) mass is 481 g/mol. The molecule has 1 atom stereocenters. The summed E-state index contributed by atoms with van der Waals surface area (Å²) < 4.78 is 16.4. The van der Waals surface area contributed by atoms with Crippen LogP contribution in [0.1, 0.15) is 25.1 Å². The molecular formula is C21H32BrN3O3Si. The van der Waals surface area contributed by atoms with Crippen molar-refractivity contribution < 1.29 is 9.47 Å². The number of fused-ring (bicyclic) bond motifs is 1. The Morgan fingerprint density at radius 1 is 1.38 bits per heavy atom. The highest BCUT2D eigenvalue weighted by Crippen LogP contribution is 2.33. The fraction of sp³-hybridized carbons (Fsp3) is 0.619. The molecule has 8 heteroatoms. The molecule has 0 amide bonds. The quantitative estimate of drug-likeness (QED) is 0.431. The van der Waals surface area contributed by atoms with Crippen LogP contribution in [0.5, 0.6) is 0 Å². The van der Waals surface area contributed by atoms with E-state index in [1.165, 1.54) is 0 Å². The lowest BCUT2D eigenvalue weighted by molar-refractivity contribution is 0.0888. The van der Waals surface area contributed by atoms with Gasteiger partial charge in [-0.3, -0.25) is 4.79 Å². The molecule has 2 aromatic heterocycles. The van der Waals surface area contributed by atoms with Crippen LogP contribution in [-0.4, -0.2) is 42.4 Å². The largest absolute Gasteiger partial charge is 0.475 e. The van der Waals surface area contributed by atoms with Gasteiger partial charge in [0.25, 0.3) is 5.56 Å². The van der Waals surface area contributed by atoms with Gasteiger partial charge in [-0.15, -0.1) is 0 Å². The maximum atomic E-state index is 13.0. The molecule has 0 spiro atoms. The Kier molecular flexibility index (Phi) is 6.46. The summed E-state index contributed by atoms with van der Waals surface area (Å²) in [5.41, 5.74) is 2.41. The highest BCUT2D eigenvalue weighted by atomic mass is 79.9. The molecule has 29 heavy (non-hydrogen) atoms. The molecule has 0 saturated carbocycles. The van der Waals surface area contributed by atoms with E-state index >= 15 is 0 Å². The number of aliphatic imine (C=N–C) groups is 1. The van der Waals surface area contributed by atoms with Gasteiger partial charge >= 0.3 is 0 Å². The van der Waals surface area contributed by atoms with Gasteiger partial charge in [0.2, 0.25) is 5.90 Å². The van der Waals surface area contributed by atoms with Crippen LogP contribution >= 0.6 is 15.9 Å². The van der Waals surface area contributed by atoms with Gasteiger partial charge in [-0.05, 0) is 34.8 Å². The fourth-order valence-corrected chi connectivity index (χ4v) is 4.93. The first-order chi connectivity index (χ1) is 13.5. The predicted octanol–water partition coefficient (Wildman–Crippen LogP) is 4.52. The summed E-state index contributed by atoms with van der Waals surface area (Å²) in [7, 11) is 0.595. The van der Waals surface area contributed by atoms with Crippen molar-refractivity contribution in [2.75, 3.05) is 13.2 Å². The Hall–Kier alpha value is -1.38. The van der Waals surface area contributed by atoms with Gasteiger partial charge in [-0.2, -0.15) is 0 Å². The van der Waals surface area contributed by atoms with Crippen molar-refractivity contribution in [1.82, 2.24) is 9.13 Å². The van der Waals surface area contributed by atoms with E-state index in [4.69, 9.17) is 14.5 Å². The van der Waals surface area contributed by atoms with Crippen LogP contribution in [0.4, 0.5) is 0 Å². The van der Waals surface area contributed by atoms with E-state index in [-0.39, 0.29) is 11.6 Å². The number of aryl methyl sites for hydroxylation is 1. The van der Waals surface area contributed by atoms with Crippen LogP contribution in [0.3, 0.4) is 0 Å². The fourth-order valence-electron chi connectivity index (χ4n) is 3.48. The summed E-state index contributed by atoms with van der Waals surface area (Å²) in [6.45, 7) is 14.9. The molecule has 0 N–H and O–H groups in total. The van der Waals surface area contributed by atoms with Gasteiger partial charge in [-0.1, -0.05) is 33.5 Å². The standard InChI is InChI=1S/C21H32BrN3O3Si/c1-13(2)16-11-28-20(23-16)17-14(3)25(12-27-8-9-29(5,6)7)19-18(17)15(22)10-24(4)21(19)26/h10,13,16H,8-9,11-12H2,1-7H3. The Labute approximate surface area is 182 Å². The number of ether oxygens (including phenoxy) is 2. The zero-order chi connectivity index (χ0) is 21.5. The molecule has 1 aliphatic rings. The van der Waals surface area contributed by atoms with Gasteiger partial charge < -0.3 is 18.6 Å². The van der Waals surface area contributed by atoms with E-state index in [1.807, 2.05) is 11.5 Å². The first-order valence-electron chi connectivity index (χ1n) is 10.2. The van der Waals surface area contributed by atoms with Gasteiger partial charge in [-0.25, -0.2) is 4.99 Å². The first-order valence-corrected chi connectivity index (χ1v) is 14.7. The third kappa shape index (κ3) is 4.54. The van der Waals surface area contributed by atoms with Crippen LogP contribution in [0.2, 0.25) is 25.7 Å². The summed E-state index contributed by atoms with van der Waals surface area (Å²) in [6, 6.07) is 1.23. The highest BCUT2D eigenvalue weighted by Gasteiger charge is 2.29. The second-order valence-electron chi connectivity index (χ2n) is 9.41. The average molecular weight is 482 g/mol. The molecule has 3 heterocycles. The minimum Gasteiger partial charge on any atom is -0.475 e. The third-order valence-corrected chi connectivity index (χ3v) is 7.77. The molecule has 160 valence electrons. The number of hydrogen-bond acceptors (Lipinski definition) is 4. The minimum absolute atomic E-state index is 0.0506. The number of halogens is 1. The molecule has 2 aromatic rings. The lowest BCUT2D eigenvalue weighted by atomic mass is 10.1. The zero-order valence-corrected chi connectivity index (χ0v) is 21.1. The summed E-state index contributed by atoms with van der Waals surface area (Å²) in [4.78, 5) is 17.9. The van der Waals surface area contributed by atoms with Crippen molar-refractivity contribution in [3.8, 4) is 0 Å². The summed E-state index contributed by atoms with van der Waals surface area (Å²) in [5.74, 6) is 1.03. The second-order valence-corrected chi connectivity index (χ2v) is 15.9. The maximum Gasteiger partial charge on any atom is 0.274 e. The molecule has 0 radical (unpaired) electrons. The van der Waals surface area contributed by atoms with Crippen molar-refractivity contribution in [1.29, 1.82) is 0 Å². The van der Waals surface area contributed by atoms with Gasteiger partial charge in [0.05, 0.1) is 11.6 Å². The molecule has 0 saturated heterocycles. The molecule has 1 unspecified atom stereocenters. The van der Waals surface area contributed by atoms with E-state index in [1.54, 1.807) is 17.8 Å². The molecule has 0 bridgehead atoms. The normalized spacial score (nSPS) is 17.3. The lowest BCUT2D eigenvalue weighted by Gasteiger charge is -2.16. The maximum absolute atomic E-state index is 13.0. The molecule has 3 rings (SSSR count). The Morgan fingerprint density at radius 3 is 2.66 bits per heavy atom. The van der Waals surface area contributed by atoms with Crippen molar-refractivity contribution in [2.45, 2.75) is 59.2 Å². The number of rotatable bonds is 7. The summed E-state index contributed by atoms with van der Waals surface area (Å²) in [6.07, 6.45) is 1.81. The molecule has 1 aliphatic heterocycles. The number of aromatic nitrogens is 2. The SMILES string of the molecule is Cc1c(C2=NC(C(C)C)CO2)c2c(Br)cn(C)c(=O)c2n1COCC[Si](C)(C)C. The number of nitrogens with zero attached hydrogens (tertiary/aromatic N) is 3. The highest BCUT2D eigenvalue weighted by molar-refractivity contribution is 9.10. The third-order valence-electron chi connectivity index (χ3n) is 5.47. The first kappa shape index (κ1) is 22.3. The topological polar surface area (TPSA) is 57.8 Å². The molecule has 6 nitrogen and oxygen atoms in total. The Bertz CT molecular complexity index is 1000.